The van der Waals surface area contributed by atoms with Gasteiger partial charge in [-0.1, -0.05) is 45.9 Å². The van der Waals surface area contributed by atoms with Gasteiger partial charge in [0.15, 0.2) is 4.34 Å². The molecule has 2 heterocycles. The van der Waals surface area contributed by atoms with E-state index in [9.17, 15) is 18.0 Å². The van der Waals surface area contributed by atoms with E-state index in [1.807, 2.05) is 0 Å². The Balaban J connectivity index is 1.35. The van der Waals surface area contributed by atoms with Crippen LogP contribution in [0.25, 0.3) is 11.4 Å². The number of hydrogen-bond donors (Lipinski definition) is 1. The van der Waals surface area contributed by atoms with Crippen molar-refractivity contribution in [3.63, 3.8) is 0 Å². The number of thioether (sulfide) groups is 1. The monoisotopic (exact) mass is 497 g/mol. The van der Waals surface area contributed by atoms with Crippen LogP contribution in [0.1, 0.15) is 21.8 Å². The molecule has 0 aliphatic heterocycles. The van der Waals surface area contributed by atoms with E-state index in [0.717, 1.165) is 29.0 Å². The lowest BCUT2D eigenvalue weighted by Crippen LogP contribution is -2.13. The normalized spacial score (nSPS) is 11.5. The molecule has 0 aliphatic rings. The van der Waals surface area contributed by atoms with E-state index in [1.54, 1.807) is 24.3 Å². The first-order chi connectivity index (χ1) is 15.3. The van der Waals surface area contributed by atoms with Crippen molar-refractivity contribution in [1.29, 1.82) is 0 Å². The molecule has 4 rings (SSSR count). The number of aromatic nitrogens is 4. The number of anilines is 1. The van der Waals surface area contributed by atoms with E-state index in [1.165, 1.54) is 23.9 Å². The molecular weight excluding hydrogens is 487 g/mol. The van der Waals surface area contributed by atoms with Crippen LogP contribution in [0.15, 0.2) is 57.4 Å². The Kier molecular flexibility index (Phi) is 6.44. The van der Waals surface area contributed by atoms with Crippen molar-refractivity contribution in [1.82, 2.24) is 20.3 Å². The molecule has 0 atom stereocenters. The molecule has 0 aliphatic carbocycles. The highest BCUT2D eigenvalue weighted by Crippen LogP contribution is 2.31. The van der Waals surface area contributed by atoms with Gasteiger partial charge in [-0.3, -0.25) is 10.1 Å². The van der Waals surface area contributed by atoms with E-state index >= 15 is 0 Å². The molecule has 164 valence electrons. The zero-order valence-electron chi connectivity index (χ0n) is 15.8. The van der Waals surface area contributed by atoms with E-state index in [2.05, 4.69) is 25.7 Å². The largest absolute Gasteiger partial charge is 0.416 e. The van der Waals surface area contributed by atoms with Gasteiger partial charge in [-0.2, -0.15) is 18.2 Å². The van der Waals surface area contributed by atoms with E-state index in [4.69, 9.17) is 16.1 Å². The van der Waals surface area contributed by atoms with Crippen LogP contribution in [0.3, 0.4) is 0 Å². The zero-order chi connectivity index (χ0) is 22.7. The summed E-state index contributed by atoms with van der Waals surface area (Å²) >= 11 is 8.20. The fourth-order valence-corrected chi connectivity index (χ4v) is 4.19. The van der Waals surface area contributed by atoms with Gasteiger partial charge >= 0.3 is 6.18 Å². The molecule has 0 unspecified atom stereocenters. The second-order valence-electron chi connectivity index (χ2n) is 6.21. The number of nitrogens with one attached hydrogen (secondary N) is 1. The predicted molar refractivity (Wildman–Crippen MR) is 114 cm³/mol. The summed E-state index contributed by atoms with van der Waals surface area (Å²) in [4.78, 5) is 16.6. The first kappa shape index (κ1) is 22.2. The summed E-state index contributed by atoms with van der Waals surface area (Å²) in [5.74, 6) is 0.387. The highest BCUT2D eigenvalue weighted by atomic mass is 35.5. The minimum absolute atomic E-state index is 0.134. The number of carbonyl (C=O) groups is 1. The number of nitrogens with zero attached hydrogens (tertiary/aromatic N) is 4. The Morgan fingerprint density at radius 2 is 1.94 bits per heavy atom. The average molecular weight is 498 g/mol. The van der Waals surface area contributed by atoms with Crippen LogP contribution in [0.4, 0.5) is 18.3 Å². The molecular formula is C19H11ClF3N5O2S2. The number of benzene rings is 2. The third-order valence-electron chi connectivity index (χ3n) is 3.97. The molecule has 0 radical (unpaired) electrons. The third-order valence-corrected chi connectivity index (χ3v) is 6.18. The topological polar surface area (TPSA) is 93.8 Å². The minimum Gasteiger partial charge on any atom is -0.338 e. The summed E-state index contributed by atoms with van der Waals surface area (Å²) in [5, 5.41) is 14.9. The van der Waals surface area contributed by atoms with Crippen LogP contribution in [-0.2, 0) is 11.9 Å². The Hall–Kier alpha value is -2.96. The van der Waals surface area contributed by atoms with Crippen molar-refractivity contribution in [3.8, 4) is 11.4 Å². The molecule has 32 heavy (non-hydrogen) atoms. The van der Waals surface area contributed by atoms with Gasteiger partial charge in [-0.05, 0) is 42.5 Å². The second kappa shape index (κ2) is 9.27. The maximum atomic E-state index is 12.8. The maximum absolute atomic E-state index is 12.8. The molecule has 1 amide bonds. The minimum atomic E-state index is -4.54. The van der Waals surface area contributed by atoms with Gasteiger partial charge in [0.25, 0.3) is 5.91 Å². The van der Waals surface area contributed by atoms with Gasteiger partial charge in [0.05, 0.1) is 11.3 Å². The summed E-state index contributed by atoms with van der Waals surface area (Å²) in [6, 6.07) is 11.1. The summed E-state index contributed by atoms with van der Waals surface area (Å²) < 4.78 is 44.2. The molecule has 2 aromatic carbocycles. The summed E-state index contributed by atoms with van der Waals surface area (Å²) in [5.41, 5.74) is -0.286. The van der Waals surface area contributed by atoms with Crippen molar-refractivity contribution in [2.45, 2.75) is 16.3 Å². The maximum Gasteiger partial charge on any atom is 0.416 e. The highest BCUT2D eigenvalue weighted by molar-refractivity contribution is 8.00. The number of carbonyl (C=O) groups excluding carboxylic acids is 1. The molecule has 4 aromatic rings. The number of amides is 1. The van der Waals surface area contributed by atoms with Gasteiger partial charge < -0.3 is 4.52 Å². The summed E-state index contributed by atoms with van der Waals surface area (Å²) in [6.45, 7) is 0. The molecule has 13 heteroatoms. The van der Waals surface area contributed by atoms with Crippen LogP contribution in [-0.4, -0.2) is 26.2 Å². The Morgan fingerprint density at radius 3 is 2.69 bits per heavy atom. The molecule has 0 bridgehead atoms. The van der Waals surface area contributed by atoms with Crippen molar-refractivity contribution in [2.24, 2.45) is 0 Å². The van der Waals surface area contributed by atoms with Crippen LogP contribution >= 0.6 is 34.7 Å². The fourth-order valence-electron chi connectivity index (χ4n) is 2.48. The lowest BCUT2D eigenvalue weighted by atomic mass is 10.1. The van der Waals surface area contributed by atoms with Gasteiger partial charge in [0.1, 0.15) is 0 Å². The van der Waals surface area contributed by atoms with Crippen molar-refractivity contribution >= 4 is 45.7 Å². The van der Waals surface area contributed by atoms with Crippen molar-refractivity contribution in [2.75, 3.05) is 5.32 Å². The lowest BCUT2D eigenvalue weighted by molar-refractivity contribution is -0.137. The first-order valence-corrected chi connectivity index (χ1v) is 11.0. The number of rotatable bonds is 6. The third kappa shape index (κ3) is 5.44. The predicted octanol–water partition coefficient (Wildman–Crippen LogP) is 5.80. The van der Waals surface area contributed by atoms with Gasteiger partial charge in [-0.15, -0.1) is 10.2 Å². The van der Waals surface area contributed by atoms with E-state index < -0.39 is 17.6 Å². The Labute approximate surface area is 192 Å². The summed E-state index contributed by atoms with van der Waals surface area (Å²) in [6.07, 6.45) is -4.54. The lowest BCUT2D eigenvalue weighted by Gasteiger charge is -2.08. The molecule has 0 saturated carbocycles. The Bertz CT molecular complexity index is 1240. The average Bonchev–Trinajstić information content (AvgIpc) is 3.42. The quantitative estimate of drug-likeness (QED) is 0.265. The number of hydrogen-bond acceptors (Lipinski definition) is 8. The van der Waals surface area contributed by atoms with Crippen LogP contribution in [0, 0.1) is 0 Å². The SMILES string of the molecule is O=C(Nc1nnc(SCc2nc(-c3ccc(Cl)cc3)no2)s1)c1cccc(C(F)(F)F)c1. The molecule has 1 N–H and O–H groups in total. The molecule has 2 aromatic heterocycles. The molecule has 7 nitrogen and oxygen atoms in total. The van der Waals surface area contributed by atoms with Crippen molar-refractivity contribution < 1.29 is 22.5 Å². The number of alkyl halides is 3. The van der Waals surface area contributed by atoms with E-state index in [0.29, 0.717) is 26.8 Å². The smallest absolute Gasteiger partial charge is 0.338 e. The second-order valence-corrected chi connectivity index (χ2v) is 8.85. The Morgan fingerprint density at radius 1 is 1.16 bits per heavy atom. The van der Waals surface area contributed by atoms with Crippen molar-refractivity contribution in [3.05, 3.63) is 70.6 Å². The fraction of sp³-hybridized carbons (Fsp3) is 0.105. The first-order valence-electron chi connectivity index (χ1n) is 8.81. The molecule has 0 fully saturated rings. The van der Waals surface area contributed by atoms with Gasteiger partial charge in [-0.25, -0.2) is 0 Å². The van der Waals surface area contributed by atoms with Crippen LogP contribution < -0.4 is 5.32 Å². The molecule has 0 spiro atoms. The zero-order valence-corrected chi connectivity index (χ0v) is 18.1. The van der Waals surface area contributed by atoms with Gasteiger partial charge in [0, 0.05) is 16.1 Å². The standard InChI is InChI=1S/C19H11ClF3N5O2S2/c20-13-6-4-10(5-7-13)15-24-14(30-28-15)9-31-18-27-26-17(32-18)25-16(29)11-2-1-3-12(8-11)19(21,22)23/h1-8H,9H2,(H,25,26,29). The van der Waals surface area contributed by atoms with Gasteiger partial charge in [0.2, 0.25) is 16.8 Å². The van der Waals surface area contributed by atoms with E-state index in [-0.39, 0.29) is 10.7 Å². The molecule has 0 saturated heterocycles. The highest BCUT2D eigenvalue weighted by Gasteiger charge is 2.31. The van der Waals surface area contributed by atoms with Crippen LogP contribution in [0.2, 0.25) is 5.02 Å². The number of halogens is 4. The van der Waals surface area contributed by atoms with Crippen LogP contribution in [0.5, 0.6) is 0 Å². The summed E-state index contributed by atoms with van der Waals surface area (Å²) in [7, 11) is 0.